The molecule has 0 unspecified atom stereocenters. The van der Waals surface area contributed by atoms with Crippen molar-refractivity contribution in [2.24, 2.45) is 0 Å². The highest BCUT2D eigenvalue weighted by atomic mass is 32.1. The van der Waals surface area contributed by atoms with Gasteiger partial charge in [0, 0.05) is 54.6 Å². The molecule has 5 nitrogen and oxygen atoms in total. The summed E-state index contributed by atoms with van der Waals surface area (Å²) in [6, 6.07) is 22.5. The highest BCUT2D eigenvalue weighted by Gasteiger charge is 2.20. The van der Waals surface area contributed by atoms with Gasteiger partial charge in [-0.3, -0.25) is 0 Å². The van der Waals surface area contributed by atoms with Crippen molar-refractivity contribution in [3.63, 3.8) is 0 Å². The molecule has 9 heteroatoms. The first-order chi connectivity index (χ1) is 19.8. The Hall–Kier alpha value is -4.49. The molecule has 5 rings (SSSR count). The number of halogens is 1. The van der Waals surface area contributed by atoms with E-state index < -0.39 is 17.4 Å². The predicted molar refractivity (Wildman–Crippen MR) is 168 cm³/mol. The van der Waals surface area contributed by atoms with Crippen LogP contribution >= 0.6 is 34.0 Å². The number of carbonyl (C=O) groups is 1. The Morgan fingerprint density at radius 3 is 1.98 bits per heavy atom. The standard InChI is InChI=1S/C32H23FN2O3S3/c1-35(2)21-6-3-20(4-7-21)5-9-23-11-13-28(39-23)30-15-16-31(41-30)29-14-12-24(40-29)10-8-22-17-25(27(33)19-38-22)26(18-34)32(36)37/h3-17,19H,1-2H3,(H,36,37)/b9-5+,10-8+,26-25-. The molecule has 0 atom stereocenters. The summed E-state index contributed by atoms with van der Waals surface area (Å²) >= 11 is 5.08. The Labute approximate surface area is 249 Å². The Bertz CT molecular complexity index is 1790. The number of carboxylic acids is 1. The lowest BCUT2D eigenvalue weighted by atomic mass is 10.1. The van der Waals surface area contributed by atoms with E-state index in [4.69, 9.17) is 15.1 Å². The lowest BCUT2D eigenvalue weighted by molar-refractivity contribution is -0.132. The maximum atomic E-state index is 14.0. The van der Waals surface area contributed by atoms with Gasteiger partial charge < -0.3 is 14.7 Å². The van der Waals surface area contributed by atoms with Gasteiger partial charge in [0.2, 0.25) is 0 Å². The van der Waals surface area contributed by atoms with Gasteiger partial charge in [0.05, 0.1) is 0 Å². The largest absolute Gasteiger partial charge is 0.477 e. The van der Waals surface area contributed by atoms with Gasteiger partial charge in [0.1, 0.15) is 23.7 Å². The van der Waals surface area contributed by atoms with Crippen LogP contribution in [0.15, 0.2) is 102 Å². The summed E-state index contributed by atoms with van der Waals surface area (Å²) in [7, 11) is 4.06. The summed E-state index contributed by atoms with van der Waals surface area (Å²) in [5.74, 6) is -2.17. The van der Waals surface area contributed by atoms with Crippen molar-refractivity contribution < 1.29 is 19.0 Å². The molecule has 0 saturated heterocycles. The van der Waals surface area contributed by atoms with Crippen molar-refractivity contribution >= 4 is 63.9 Å². The fraction of sp³-hybridized carbons (Fsp3) is 0.0625. The summed E-state index contributed by atoms with van der Waals surface area (Å²) in [5, 5.41) is 18.2. The normalized spacial score (nSPS) is 14.5. The number of hydrogen-bond donors (Lipinski definition) is 1. The second-order valence-electron chi connectivity index (χ2n) is 9.06. The van der Waals surface area contributed by atoms with Crippen LogP contribution < -0.4 is 4.90 Å². The van der Waals surface area contributed by atoms with E-state index in [1.807, 2.05) is 32.3 Å². The molecule has 0 amide bonds. The molecule has 3 aromatic heterocycles. The van der Waals surface area contributed by atoms with Crippen molar-refractivity contribution in [1.29, 1.82) is 5.26 Å². The van der Waals surface area contributed by atoms with Gasteiger partial charge in [-0.15, -0.1) is 34.0 Å². The van der Waals surface area contributed by atoms with E-state index in [0.717, 1.165) is 26.5 Å². The highest BCUT2D eigenvalue weighted by Crippen LogP contribution is 2.40. The Balaban J connectivity index is 1.26. The van der Waals surface area contributed by atoms with Crippen LogP contribution in [0.5, 0.6) is 0 Å². The number of carboxylic acid groups (broad SMARTS) is 1. The van der Waals surface area contributed by atoms with Crippen LogP contribution in [0.25, 0.3) is 37.7 Å². The third kappa shape index (κ3) is 6.64. The van der Waals surface area contributed by atoms with E-state index in [-0.39, 0.29) is 11.3 Å². The number of benzene rings is 1. The maximum absolute atomic E-state index is 14.0. The molecule has 1 aliphatic rings. The third-order valence-corrected chi connectivity index (χ3v) is 9.62. The molecule has 0 fully saturated rings. The number of aliphatic carboxylic acids is 1. The lowest BCUT2D eigenvalue weighted by Crippen LogP contribution is -2.07. The van der Waals surface area contributed by atoms with Crippen LogP contribution in [-0.4, -0.2) is 25.2 Å². The quantitative estimate of drug-likeness (QED) is 0.162. The third-order valence-electron chi connectivity index (χ3n) is 6.04. The van der Waals surface area contributed by atoms with E-state index in [2.05, 4.69) is 65.6 Å². The van der Waals surface area contributed by atoms with E-state index >= 15 is 0 Å². The SMILES string of the molecule is CN(C)c1ccc(/C=C/c2ccc(-c3ccc(-c4ccc(/C=C/C5=CC(=C(\C#N)C(=O)O)/C(F)=CO5)s4)s3)s2)cc1. The van der Waals surface area contributed by atoms with E-state index in [1.54, 1.807) is 40.1 Å². The molecule has 4 heterocycles. The number of allylic oxidation sites excluding steroid dienone is 4. The number of hydrogen-bond acceptors (Lipinski definition) is 7. The number of ether oxygens (including phenoxy) is 1. The zero-order chi connectivity index (χ0) is 28.9. The molecule has 0 aliphatic carbocycles. The fourth-order valence-corrected chi connectivity index (χ4v) is 6.92. The van der Waals surface area contributed by atoms with Gasteiger partial charge >= 0.3 is 5.97 Å². The zero-order valence-electron chi connectivity index (χ0n) is 22.0. The molecular weight excluding hydrogens is 576 g/mol. The van der Waals surface area contributed by atoms with Gasteiger partial charge in [0.15, 0.2) is 5.83 Å². The molecule has 1 aliphatic heterocycles. The average Bonchev–Trinajstić information content (AvgIpc) is 3.73. The minimum Gasteiger partial charge on any atom is -0.477 e. The van der Waals surface area contributed by atoms with E-state index in [9.17, 15) is 9.18 Å². The topological polar surface area (TPSA) is 73.6 Å². The summed E-state index contributed by atoms with van der Waals surface area (Å²) in [6.07, 6.45) is 9.71. The summed E-state index contributed by atoms with van der Waals surface area (Å²) in [4.78, 5) is 20.1. The number of thiophene rings is 3. The number of nitrogens with zero attached hydrogens (tertiary/aromatic N) is 2. The van der Waals surface area contributed by atoms with E-state index in [1.165, 1.54) is 32.5 Å². The Morgan fingerprint density at radius 1 is 0.854 bits per heavy atom. The highest BCUT2D eigenvalue weighted by molar-refractivity contribution is 7.26. The number of anilines is 1. The molecule has 4 aromatic rings. The molecule has 0 bridgehead atoms. The first kappa shape index (κ1) is 28.1. The van der Waals surface area contributed by atoms with Crippen LogP contribution in [-0.2, 0) is 9.53 Å². The Kier molecular flexibility index (Phi) is 8.45. The number of rotatable bonds is 8. The lowest BCUT2D eigenvalue weighted by Gasteiger charge is -2.11. The Morgan fingerprint density at radius 2 is 1.41 bits per heavy atom. The van der Waals surface area contributed by atoms with Crippen molar-refractivity contribution in [3.05, 3.63) is 117 Å². The van der Waals surface area contributed by atoms with Gasteiger partial charge in [-0.2, -0.15) is 5.26 Å². The van der Waals surface area contributed by atoms with Gasteiger partial charge in [-0.1, -0.05) is 18.2 Å². The smallest absolute Gasteiger partial charge is 0.347 e. The van der Waals surface area contributed by atoms with Crippen molar-refractivity contribution in [2.75, 3.05) is 19.0 Å². The average molecular weight is 599 g/mol. The monoisotopic (exact) mass is 598 g/mol. The van der Waals surface area contributed by atoms with Crippen LogP contribution in [0.3, 0.4) is 0 Å². The first-order valence-corrected chi connectivity index (χ1v) is 14.8. The predicted octanol–water partition coefficient (Wildman–Crippen LogP) is 9.08. The van der Waals surface area contributed by atoms with Crippen LogP contribution in [0.2, 0.25) is 0 Å². The van der Waals surface area contributed by atoms with Gasteiger partial charge in [-0.25, -0.2) is 9.18 Å². The van der Waals surface area contributed by atoms with Crippen LogP contribution in [0.4, 0.5) is 10.1 Å². The van der Waals surface area contributed by atoms with Crippen molar-refractivity contribution in [1.82, 2.24) is 0 Å². The molecule has 0 spiro atoms. The molecule has 0 radical (unpaired) electrons. The summed E-state index contributed by atoms with van der Waals surface area (Å²) in [6.45, 7) is 0. The fourth-order valence-electron chi connectivity index (χ4n) is 3.91. The van der Waals surface area contributed by atoms with Crippen LogP contribution in [0.1, 0.15) is 15.3 Å². The molecule has 41 heavy (non-hydrogen) atoms. The molecule has 1 aromatic carbocycles. The van der Waals surface area contributed by atoms with Gasteiger partial charge in [0.25, 0.3) is 0 Å². The van der Waals surface area contributed by atoms with Crippen molar-refractivity contribution in [2.45, 2.75) is 0 Å². The first-order valence-electron chi connectivity index (χ1n) is 12.4. The molecular formula is C32H23FN2O3S3. The molecule has 1 N–H and O–H groups in total. The van der Waals surface area contributed by atoms with E-state index in [0.29, 0.717) is 0 Å². The minimum atomic E-state index is -1.49. The van der Waals surface area contributed by atoms with Crippen LogP contribution in [0, 0.1) is 11.3 Å². The van der Waals surface area contributed by atoms with Gasteiger partial charge in [-0.05, 0) is 78.4 Å². The molecule has 204 valence electrons. The number of nitriles is 1. The summed E-state index contributed by atoms with van der Waals surface area (Å²) in [5.41, 5.74) is 1.34. The van der Waals surface area contributed by atoms with Crippen molar-refractivity contribution in [3.8, 4) is 25.6 Å². The maximum Gasteiger partial charge on any atom is 0.347 e. The summed E-state index contributed by atoms with van der Waals surface area (Å²) < 4.78 is 19.3. The minimum absolute atomic E-state index is 0.233. The molecule has 0 saturated carbocycles. The second-order valence-corrected chi connectivity index (χ2v) is 12.4. The second kappa shape index (κ2) is 12.4. The zero-order valence-corrected chi connectivity index (χ0v) is 24.4.